The summed E-state index contributed by atoms with van der Waals surface area (Å²) in [5.74, 6) is 1.61. The number of amides is 1. The summed E-state index contributed by atoms with van der Waals surface area (Å²) in [6, 6.07) is 9.18. The molecular formula is C18H23N3O2S3. The summed E-state index contributed by atoms with van der Waals surface area (Å²) in [6.07, 6.45) is 0.501. The van der Waals surface area contributed by atoms with Gasteiger partial charge < -0.3 is 5.32 Å². The zero-order valence-electron chi connectivity index (χ0n) is 15.1. The monoisotopic (exact) mass is 409 g/mol. The van der Waals surface area contributed by atoms with Crippen molar-refractivity contribution in [3.63, 3.8) is 0 Å². The quantitative estimate of drug-likeness (QED) is 0.603. The standard InChI is InChI=1S/C18H23N3O2S3/c1-12(2)10-24-17-20-21-18(26-17)25-11-16(23)19-15(13(3)22)9-14-7-5-4-6-8-14/h4-8,12,15H,9-11H2,1-3H3,(H,19,23)/t15-/m1/s1. The van der Waals surface area contributed by atoms with Crippen LogP contribution in [0.25, 0.3) is 0 Å². The fourth-order valence-corrected chi connectivity index (χ4v) is 4.87. The maximum Gasteiger partial charge on any atom is 0.231 e. The van der Waals surface area contributed by atoms with Crippen LogP contribution in [-0.2, 0) is 16.0 Å². The van der Waals surface area contributed by atoms with E-state index in [0.717, 1.165) is 20.0 Å². The van der Waals surface area contributed by atoms with Crippen molar-refractivity contribution in [2.75, 3.05) is 11.5 Å². The van der Waals surface area contributed by atoms with E-state index in [9.17, 15) is 9.59 Å². The van der Waals surface area contributed by atoms with Crippen LogP contribution < -0.4 is 5.32 Å². The summed E-state index contributed by atoms with van der Waals surface area (Å²) in [7, 11) is 0. The summed E-state index contributed by atoms with van der Waals surface area (Å²) >= 11 is 4.54. The smallest absolute Gasteiger partial charge is 0.231 e. The van der Waals surface area contributed by atoms with Crippen molar-refractivity contribution in [1.29, 1.82) is 0 Å². The van der Waals surface area contributed by atoms with Gasteiger partial charge in [-0.1, -0.05) is 79.0 Å². The van der Waals surface area contributed by atoms with Crippen LogP contribution in [0.3, 0.4) is 0 Å². The van der Waals surface area contributed by atoms with Gasteiger partial charge >= 0.3 is 0 Å². The predicted molar refractivity (Wildman–Crippen MR) is 109 cm³/mol. The number of hydrogen-bond acceptors (Lipinski definition) is 7. The molecule has 0 unspecified atom stereocenters. The first kappa shape index (κ1) is 20.9. The number of nitrogens with zero attached hydrogens (tertiary/aromatic N) is 2. The Labute approximate surface area is 166 Å². The third-order valence-corrected chi connectivity index (χ3v) is 6.98. The molecule has 0 spiro atoms. The van der Waals surface area contributed by atoms with Crippen LogP contribution in [0.15, 0.2) is 39.0 Å². The fourth-order valence-electron chi connectivity index (χ4n) is 2.06. The zero-order chi connectivity index (χ0) is 18.9. The average molecular weight is 410 g/mol. The molecule has 1 amide bonds. The van der Waals surface area contributed by atoms with Gasteiger partial charge in [0.25, 0.3) is 0 Å². The van der Waals surface area contributed by atoms with Gasteiger partial charge in [0.1, 0.15) is 0 Å². The Morgan fingerprint density at radius 3 is 2.38 bits per heavy atom. The molecule has 1 aromatic carbocycles. The van der Waals surface area contributed by atoms with Crippen molar-refractivity contribution in [2.24, 2.45) is 5.92 Å². The fraction of sp³-hybridized carbons (Fsp3) is 0.444. The summed E-state index contributed by atoms with van der Waals surface area (Å²) in [5.41, 5.74) is 1.02. The maximum atomic E-state index is 12.2. The minimum Gasteiger partial charge on any atom is -0.345 e. The molecule has 26 heavy (non-hydrogen) atoms. The van der Waals surface area contributed by atoms with Crippen LogP contribution in [0.2, 0.25) is 0 Å². The van der Waals surface area contributed by atoms with Crippen molar-refractivity contribution in [2.45, 2.75) is 41.9 Å². The Bertz CT molecular complexity index is 719. The lowest BCUT2D eigenvalue weighted by atomic mass is 10.0. The Morgan fingerprint density at radius 2 is 1.77 bits per heavy atom. The molecule has 0 aliphatic carbocycles. The summed E-state index contributed by atoms with van der Waals surface area (Å²) in [4.78, 5) is 24.1. The first-order valence-corrected chi connectivity index (χ1v) is 11.2. The molecule has 1 N–H and O–H groups in total. The van der Waals surface area contributed by atoms with E-state index in [1.807, 2.05) is 30.3 Å². The number of benzene rings is 1. The second kappa shape index (κ2) is 10.7. The molecular weight excluding hydrogens is 386 g/mol. The summed E-state index contributed by atoms with van der Waals surface area (Å²) in [6.45, 7) is 5.83. The number of carbonyl (C=O) groups is 2. The molecule has 8 heteroatoms. The van der Waals surface area contributed by atoms with Crippen molar-refractivity contribution >= 4 is 46.6 Å². The van der Waals surface area contributed by atoms with E-state index in [2.05, 4.69) is 29.4 Å². The van der Waals surface area contributed by atoms with Gasteiger partial charge in [-0.25, -0.2) is 0 Å². The van der Waals surface area contributed by atoms with Crippen molar-refractivity contribution in [1.82, 2.24) is 15.5 Å². The lowest BCUT2D eigenvalue weighted by molar-refractivity contribution is -0.125. The number of aromatic nitrogens is 2. The first-order chi connectivity index (χ1) is 12.4. The van der Waals surface area contributed by atoms with Crippen molar-refractivity contribution in [3.05, 3.63) is 35.9 Å². The minimum atomic E-state index is -0.503. The highest BCUT2D eigenvalue weighted by Gasteiger charge is 2.18. The number of nitrogens with one attached hydrogen (secondary N) is 1. The van der Waals surface area contributed by atoms with E-state index in [1.54, 1.807) is 11.8 Å². The second-order valence-electron chi connectivity index (χ2n) is 6.25. The first-order valence-electron chi connectivity index (χ1n) is 8.37. The molecule has 0 saturated heterocycles. The zero-order valence-corrected chi connectivity index (χ0v) is 17.5. The normalized spacial score (nSPS) is 12.2. The molecule has 0 aliphatic rings. The van der Waals surface area contributed by atoms with Crippen molar-refractivity contribution < 1.29 is 9.59 Å². The number of thioether (sulfide) groups is 2. The van der Waals surface area contributed by atoms with E-state index in [0.29, 0.717) is 12.3 Å². The van der Waals surface area contributed by atoms with Crippen LogP contribution in [0.4, 0.5) is 0 Å². The number of rotatable bonds is 10. The molecule has 0 fully saturated rings. The van der Waals surface area contributed by atoms with E-state index in [-0.39, 0.29) is 17.4 Å². The second-order valence-corrected chi connectivity index (χ2v) is 9.71. The predicted octanol–water partition coefficient (Wildman–Crippen LogP) is 3.69. The number of carbonyl (C=O) groups excluding carboxylic acids is 2. The SMILES string of the molecule is CC(=O)[C@@H](Cc1ccccc1)NC(=O)CSc1nnc(SCC(C)C)s1. The van der Waals surface area contributed by atoms with E-state index in [4.69, 9.17) is 0 Å². The molecule has 2 rings (SSSR count). The third-order valence-electron chi connectivity index (χ3n) is 3.36. The molecule has 2 aromatic rings. The number of ketones is 1. The van der Waals surface area contributed by atoms with Gasteiger partial charge in [0.2, 0.25) is 5.91 Å². The Hall–Kier alpha value is -1.38. The molecule has 0 aliphatic heterocycles. The topological polar surface area (TPSA) is 72.0 Å². The Morgan fingerprint density at radius 1 is 1.12 bits per heavy atom. The van der Waals surface area contributed by atoms with Gasteiger partial charge in [0, 0.05) is 5.75 Å². The highest BCUT2D eigenvalue weighted by Crippen LogP contribution is 2.29. The molecule has 0 bridgehead atoms. The van der Waals surface area contributed by atoms with Gasteiger partial charge in [0.15, 0.2) is 14.5 Å². The molecule has 1 heterocycles. The van der Waals surface area contributed by atoms with Crippen LogP contribution in [0.1, 0.15) is 26.3 Å². The molecule has 1 aromatic heterocycles. The van der Waals surface area contributed by atoms with Crippen LogP contribution in [-0.4, -0.2) is 39.4 Å². The maximum absolute atomic E-state index is 12.2. The third kappa shape index (κ3) is 7.47. The molecule has 0 radical (unpaired) electrons. The summed E-state index contributed by atoms with van der Waals surface area (Å²) in [5, 5.41) is 11.1. The molecule has 1 atom stereocenters. The molecule has 140 valence electrons. The van der Waals surface area contributed by atoms with E-state index in [1.165, 1.54) is 30.0 Å². The van der Waals surface area contributed by atoms with Gasteiger partial charge in [-0.3, -0.25) is 9.59 Å². The highest BCUT2D eigenvalue weighted by atomic mass is 32.2. The lowest BCUT2D eigenvalue weighted by Gasteiger charge is -2.15. The van der Waals surface area contributed by atoms with E-state index >= 15 is 0 Å². The van der Waals surface area contributed by atoms with Gasteiger partial charge in [0.05, 0.1) is 11.8 Å². The average Bonchev–Trinajstić information content (AvgIpc) is 3.06. The Kier molecular flexibility index (Phi) is 8.61. The van der Waals surface area contributed by atoms with Crippen molar-refractivity contribution in [3.8, 4) is 0 Å². The number of hydrogen-bond donors (Lipinski definition) is 1. The summed E-state index contributed by atoms with van der Waals surface area (Å²) < 4.78 is 1.70. The van der Waals surface area contributed by atoms with Gasteiger partial charge in [-0.15, -0.1) is 10.2 Å². The van der Waals surface area contributed by atoms with Crippen LogP contribution in [0, 0.1) is 5.92 Å². The minimum absolute atomic E-state index is 0.0458. The van der Waals surface area contributed by atoms with Crippen LogP contribution in [0.5, 0.6) is 0 Å². The Balaban J connectivity index is 1.81. The molecule has 5 nitrogen and oxygen atoms in total. The van der Waals surface area contributed by atoms with E-state index < -0.39 is 6.04 Å². The van der Waals surface area contributed by atoms with Crippen LogP contribution >= 0.6 is 34.9 Å². The number of Topliss-reactive ketones (excluding diaryl/α,β-unsaturated/α-hetero) is 1. The lowest BCUT2D eigenvalue weighted by Crippen LogP contribution is -2.42. The highest BCUT2D eigenvalue weighted by molar-refractivity contribution is 8.03. The largest absolute Gasteiger partial charge is 0.345 e. The van der Waals surface area contributed by atoms with Gasteiger partial charge in [-0.2, -0.15) is 0 Å². The molecule has 0 saturated carbocycles. The van der Waals surface area contributed by atoms with Gasteiger partial charge in [-0.05, 0) is 24.8 Å².